The van der Waals surface area contributed by atoms with E-state index in [4.69, 9.17) is 20.9 Å². The molecule has 30 heavy (non-hydrogen) atoms. The molecule has 0 saturated carbocycles. The molecular formula is C21H24ClFN4O3. The molecule has 3 fully saturated rings. The highest BCUT2D eigenvalue weighted by Crippen LogP contribution is 2.46. The first-order chi connectivity index (χ1) is 14.5. The van der Waals surface area contributed by atoms with Gasteiger partial charge in [0.25, 0.3) is 5.91 Å². The average Bonchev–Trinajstić information content (AvgIpc) is 3.43. The number of aryl methyl sites for hydroxylation is 1. The van der Waals surface area contributed by atoms with E-state index in [-0.39, 0.29) is 22.3 Å². The molecule has 0 bridgehead atoms. The molecular weight excluding hydrogens is 411 g/mol. The summed E-state index contributed by atoms with van der Waals surface area (Å²) in [6.07, 6.45) is 2.03. The van der Waals surface area contributed by atoms with Gasteiger partial charge in [0.1, 0.15) is 5.82 Å². The molecule has 7 nitrogen and oxygen atoms in total. The molecule has 0 spiro atoms. The van der Waals surface area contributed by atoms with E-state index >= 15 is 0 Å². The Morgan fingerprint density at radius 1 is 1.27 bits per heavy atom. The molecule has 160 valence electrons. The van der Waals surface area contributed by atoms with Crippen LogP contribution in [0.15, 0.2) is 22.7 Å². The molecule has 4 heterocycles. The molecule has 1 aromatic heterocycles. The Balaban J connectivity index is 1.42. The molecule has 5 rings (SSSR count). The van der Waals surface area contributed by atoms with Gasteiger partial charge in [0.05, 0.1) is 10.4 Å². The normalized spacial score (nSPS) is 27.6. The molecule has 0 radical (unpaired) electrons. The number of aromatic nitrogens is 2. The standard InChI is InChI=1S/C21H24ClFN4O3/c1-13-24-20(30-25-13)21-11-26(16-4-6-29-7-5-16)9-15(21)10-27(12-21)19(28)14-2-3-18(23)17(22)8-14/h2-3,8,15-16H,4-7,9-12H2,1H3/t15-,21-/m1/s1. The Hall–Kier alpha value is -2.03. The smallest absolute Gasteiger partial charge is 0.253 e. The van der Waals surface area contributed by atoms with Crippen molar-refractivity contribution >= 4 is 17.5 Å². The van der Waals surface area contributed by atoms with Crippen LogP contribution < -0.4 is 0 Å². The van der Waals surface area contributed by atoms with Gasteiger partial charge < -0.3 is 14.2 Å². The number of likely N-dealkylation sites (tertiary alicyclic amines) is 2. The quantitative estimate of drug-likeness (QED) is 0.739. The fourth-order valence-corrected chi connectivity index (χ4v) is 5.38. The van der Waals surface area contributed by atoms with E-state index in [1.165, 1.54) is 18.2 Å². The molecule has 0 unspecified atom stereocenters. The van der Waals surface area contributed by atoms with E-state index in [0.717, 1.165) is 39.1 Å². The number of fused-ring (bicyclic) bond motifs is 1. The van der Waals surface area contributed by atoms with E-state index in [2.05, 4.69) is 15.0 Å². The zero-order chi connectivity index (χ0) is 20.9. The van der Waals surface area contributed by atoms with Crippen LogP contribution >= 0.6 is 11.6 Å². The Kier molecular flexibility index (Phi) is 5.03. The summed E-state index contributed by atoms with van der Waals surface area (Å²) in [5, 5.41) is 3.97. The second kappa shape index (κ2) is 7.59. The second-order valence-corrected chi connectivity index (χ2v) is 8.99. The lowest BCUT2D eigenvalue weighted by Crippen LogP contribution is -2.44. The number of hydrogen-bond acceptors (Lipinski definition) is 6. The Labute approximate surface area is 179 Å². The Bertz CT molecular complexity index is 963. The SMILES string of the molecule is Cc1noc([C@]23CN(C(=O)c4ccc(F)c(Cl)c4)C[C@H]2CN(C2CCOCC2)C3)n1. The maximum Gasteiger partial charge on any atom is 0.253 e. The Morgan fingerprint density at radius 2 is 2.07 bits per heavy atom. The fourth-order valence-electron chi connectivity index (χ4n) is 5.20. The minimum absolute atomic E-state index is 0.0480. The minimum atomic E-state index is -0.531. The first kappa shape index (κ1) is 19.9. The summed E-state index contributed by atoms with van der Waals surface area (Å²) in [7, 11) is 0. The molecule has 3 saturated heterocycles. The number of rotatable bonds is 3. The van der Waals surface area contributed by atoms with Gasteiger partial charge in [0.2, 0.25) is 5.89 Å². The van der Waals surface area contributed by atoms with E-state index in [1.54, 1.807) is 0 Å². The van der Waals surface area contributed by atoms with Gasteiger partial charge in [-0.3, -0.25) is 9.69 Å². The van der Waals surface area contributed by atoms with Gasteiger partial charge in [-0.2, -0.15) is 4.98 Å². The number of benzene rings is 1. The van der Waals surface area contributed by atoms with Crippen molar-refractivity contribution in [1.82, 2.24) is 19.9 Å². The van der Waals surface area contributed by atoms with Gasteiger partial charge in [0, 0.05) is 56.9 Å². The topological polar surface area (TPSA) is 71.7 Å². The van der Waals surface area contributed by atoms with Crippen LogP contribution in [0.4, 0.5) is 4.39 Å². The van der Waals surface area contributed by atoms with Crippen LogP contribution in [0.5, 0.6) is 0 Å². The number of amides is 1. The third-order valence-corrected chi connectivity index (χ3v) is 7.04. The van der Waals surface area contributed by atoms with Crippen molar-refractivity contribution in [2.75, 3.05) is 39.4 Å². The van der Waals surface area contributed by atoms with Crippen molar-refractivity contribution in [3.63, 3.8) is 0 Å². The summed E-state index contributed by atoms with van der Waals surface area (Å²) in [6.45, 7) is 6.12. The molecule has 2 atom stereocenters. The predicted octanol–water partition coefficient (Wildman–Crippen LogP) is 2.68. The maximum absolute atomic E-state index is 13.5. The van der Waals surface area contributed by atoms with Crippen LogP contribution in [-0.2, 0) is 10.2 Å². The zero-order valence-corrected chi connectivity index (χ0v) is 17.6. The number of carbonyl (C=O) groups is 1. The molecule has 9 heteroatoms. The van der Waals surface area contributed by atoms with Gasteiger partial charge in [-0.1, -0.05) is 16.8 Å². The average molecular weight is 435 g/mol. The van der Waals surface area contributed by atoms with Crippen LogP contribution in [0.1, 0.15) is 34.9 Å². The Morgan fingerprint density at radius 3 is 2.77 bits per heavy atom. The van der Waals surface area contributed by atoms with Crippen LogP contribution in [0.3, 0.4) is 0 Å². The van der Waals surface area contributed by atoms with Crippen LogP contribution in [0.25, 0.3) is 0 Å². The minimum Gasteiger partial charge on any atom is -0.381 e. The van der Waals surface area contributed by atoms with E-state index in [1.807, 2.05) is 11.8 Å². The van der Waals surface area contributed by atoms with Crippen molar-refractivity contribution in [3.8, 4) is 0 Å². The number of carbonyl (C=O) groups excluding carboxylic acids is 1. The fraction of sp³-hybridized carbons (Fsp3) is 0.571. The summed E-state index contributed by atoms with van der Waals surface area (Å²) in [4.78, 5) is 22.0. The van der Waals surface area contributed by atoms with Gasteiger partial charge in [0.15, 0.2) is 5.82 Å². The first-order valence-electron chi connectivity index (χ1n) is 10.3. The van der Waals surface area contributed by atoms with Gasteiger partial charge in [-0.15, -0.1) is 0 Å². The number of ether oxygens (including phenoxy) is 1. The maximum atomic E-state index is 13.5. The molecule has 0 N–H and O–H groups in total. The molecule has 1 aromatic carbocycles. The number of nitrogens with zero attached hydrogens (tertiary/aromatic N) is 4. The zero-order valence-electron chi connectivity index (χ0n) is 16.8. The monoisotopic (exact) mass is 434 g/mol. The summed E-state index contributed by atoms with van der Waals surface area (Å²) in [6, 6.07) is 4.59. The van der Waals surface area contributed by atoms with Gasteiger partial charge in [-0.05, 0) is 38.0 Å². The van der Waals surface area contributed by atoms with E-state index in [9.17, 15) is 9.18 Å². The highest BCUT2D eigenvalue weighted by molar-refractivity contribution is 6.31. The molecule has 3 aliphatic rings. The van der Waals surface area contributed by atoms with Gasteiger partial charge in [-0.25, -0.2) is 4.39 Å². The third-order valence-electron chi connectivity index (χ3n) is 6.75. The molecule has 0 aliphatic carbocycles. The molecule has 1 amide bonds. The summed E-state index contributed by atoms with van der Waals surface area (Å²) >= 11 is 5.90. The highest BCUT2D eigenvalue weighted by Gasteiger charge is 2.58. The largest absolute Gasteiger partial charge is 0.381 e. The first-order valence-corrected chi connectivity index (χ1v) is 10.7. The highest BCUT2D eigenvalue weighted by atomic mass is 35.5. The lowest BCUT2D eigenvalue weighted by atomic mass is 9.81. The third kappa shape index (κ3) is 3.31. The van der Waals surface area contributed by atoms with Gasteiger partial charge >= 0.3 is 0 Å². The lowest BCUT2D eigenvalue weighted by Gasteiger charge is -2.33. The van der Waals surface area contributed by atoms with Crippen molar-refractivity contribution in [1.29, 1.82) is 0 Å². The number of halogens is 2. The predicted molar refractivity (Wildman–Crippen MR) is 107 cm³/mol. The van der Waals surface area contributed by atoms with E-state index in [0.29, 0.717) is 36.4 Å². The lowest BCUT2D eigenvalue weighted by molar-refractivity contribution is 0.0369. The van der Waals surface area contributed by atoms with Crippen LogP contribution in [-0.4, -0.2) is 71.3 Å². The van der Waals surface area contributed by atoms with Crippen molar-refractivity contribution in [2.45, 2.75) is 31.2 Å². The van der Waals surface area contributed by atoms with Crippen LogP contribution in [0, 0.1) is 18.7 Å². The second-order valence-electron chi connectivity index (χ2n) is 8.59. The number of hydrogen-bond donors (Lipinski definition) is 0. The van der Waals surface area contributed by atoms with Crippen molar-refractivity contribution < 1.29 is 18.4 Å². The van der Waals surface area contributed by atoms with Crippen molar-refractivity contribution in [3.05, 3.63) is 46.3 Å². The van der Waals surface area contributed by atoms with Crippen LogP contribution in [0.2, 0.25) is 5.02 Å². The van der Waals surface area contributed by atoms with Crippen molar-refractivity contribution in [2.24, 2.45) is 5.92 Å². The summed E-state index contributed by atoms with van der Waals surface area (Å²) in [5.41, 5.74) is -0.00139. The molecule has 2 aromatic rings. The van der Waals surface area contributed by atoms with E-state index < -0.39 is 5.82 Å². The molecule has 3 aliphatic heterocycles. The summed E-state index contributed by atoms with van der Waals surface area (Å²) in [5.74, 6) is 0.709. The summed E-state index contributed by atoms with van der Waals surface area (Å²) < 4.78 is 24.7.